The van der Waals surface area contributed by atoms with Crippen LogP contribution >= 0.6 is 0 Å². The van der Waals surface area contributed by atoms with E-state index in [1.807, 2.05) is 25.1 Å². The van der Waals surface area contributed by atoms with E-state index in [1.54, 1.807) is 0 Å². The van der Waals surface area contributed by atoms with Gasteiger partial charge in [0.2, 0.25) is 6.41 Å². The second-order valence-corrected chi connectivity index (χ2v) is 4.12. The lowest BCUT2D eigenvalue weighted by atomic mass is 10.3. The number of nitrogens with zero attached hydrogens (tertiary/aromatic N) is 2. The summed E-state index contributed by atoms with van der Waals surface area (Å²) in [4.78, 5) is 15.1. The quantitative estimate of drug-likeness (QED) is 0.802. The molecule has 4 heteroatoms. The molecule has 1 amide bonds. The Labute approximate surface area is 101 Å². The van der Waals surface area contributed by atoms with Crippen molar-refractivity contribution in [3.63, 3.8) is 0 Å². The van der Waals surface area contributed by atoms with Crippen LogP contribution in [0.5, 0.6) is 0 Å². The molecule has 0 aliphatic carbocycles. The third-order valence-corrected chi connectivity index (χ3v) is 2.84. The molecule has 0 spiro atoms. The minimum absolute atomic E-state index is 0.0635. The molecule has 1 unspecified atom stereocenters. The molecule has 0 bridgehead atoms. The molecule has 0 aliphatic rings. The van der Waals surface area contributed by atoms with E-state index in [4.69, 9.17) is 0 Å². The van der Waals surface area contributed by atoms with E-state index in [0.29, 0.717) is 0 Å². The summed E-state index contributed by atoms with van der Waals surface area (Å²) in [5, 5.41) is 2.76. The molecule has 0 saturated heterocycles. The fourth-order valence-electron chi connectivity index (χ4n) is 2.06. The lowest BCUT2D eigenvalue weighted by Gasteiger charge is -2.13. The average molecular weight is 231 g/mol. The zero-order valence-corrected chi connectivity index (χ0v) is 10.2. The van der Waals surface area contributed by atoms with Gasteiger partial charge in [0.05, 0.1) is 17.1 Å². The van der Waals surface area contributed by atoms with Crippen LogP contribution in [-0.4, -0.2) is 16.0 Å². The van der Waals surface area contributed by atoms with Crippen molar-refractivity contribution in [1.29, 1.82) is 0 Å². The maximum Gasteiger partial charge on any atom is 0.207 e. The molecule has 4 nitrogen and oxygen atoms in total. The Morgan fingerprint density at radius 2 is 2.24 bits per heavy atom. The first-order valence-corrected chi connectivity index (χ1v) is 5.92. The highest BCUT2D eigenvalue weighted by atomic mass is 16.1. The highest BCUT2D eigenvalue weighted by molar-refractivity contribution is 5.76. The Bertz CT molecular complexity index is 518. The van der Waals surface area contributed by atoms with Crippen molar-refractivity contribution >= 4 is 17.4 Å². The molecule has 0 radical (unpaired) electrons. The van der Waals surface area contributed by atoms with Gasteiger partial charge in [0.25, 0.3) is 0 Å². The fourth-order valence-corrected chi connectivity index (χ4v) is 2.06. The Hall–Kier alpha value is -1.84. The van der Waals surface area contributed by atoms with Crippen molar-refractivity contribution in [1.82, 2.24) is 14.9 Å². The van der Waals surface area contributed by atoms with Crippen LogP contribution in [0.15, 0.2) is 24.3 Å². The molecule has 17 heavy (non-hydrogen) atoms. The Morgan fingerprint density at radius 3 is 2.94 bits per heavy atom. The maximum absolute atomic E-state index is 10.5. The van der Waals surface area contributed by atoms with Crippen molar-refractivity contribution < 1.29 is 4.79 Å². The Morgan fingerprint density at radius 1 is 1.47 bits per heavy atom. The van der Waals surface area contributed by atoms with Crippen LogP contribution in [0.4, 0.5) is 0 Å². The van der Waals surface area contributed by atoms with Gasteiger partial charge in [-0.3, -0.25) is 4.79 Å². The number of rotatable bonds is 5. The van der Waals surface area contributed by atoms with Crippen LogP contribution in [0.1, 0.15) is 32.1 Å². The smallest absolute Gasteiger partial charge is 0.207 e. The van der Waals surface area contributed by atoms with Crippen LogP contribution in [-0.2, 0) is 11.3 Å². The van der Waals surface area contributed by atoms with Crippen molar-refractivity contribution in [3.8, 4) is 0 Å². The summed E-state index contributed by atoms with van der Waals surface area (Å²) in [5.41, 5.74) is 2.11. The highest BCUT2D eigenvalue weighted by Crippen LogP contribution is 2.20. The van der Waals surface area contributed by atoms with E-state index in [-0.39, 0.29) is 6.04 Å². The van der Waals surface area contributed by atoms with Crippen LogP contribution in [0.3, 0.4) is 0 Å². The standard InChI is InChI=1S/C13H17N3O/c1-3-8-16-12-7-5-4-6-11(12)15-13(16)10(2)14-9-17/h4-7,9-10H,3,8H2,1-2H3,(H,14,17). The third-order valence-electron chi connectivity index (χ3n) is 2.84. The number of carbonyl (C=O) groups is 1. The molecule has 0 fully saturated rings. The molecule has 1 atom stereocenters. The molecule has 1 aromatic carbocycles. The van der Waals surface area contributed by atoms with Crippen molar-refractivity contribution in [2.75, 3.05) is 0 Å². The number of hydrogen-bond donors (Lipinski definition) is 1. The van der Waals surface area contributed by atoms with E-state index in [9.17, 15) is 4.79 Å². The number of aromatic nitrogens is 2. The number of para-hydroxylation sites is 2. The topological polar surface area (TPSA) is 46.9 Å². The summed E-state index contributed by atoms with van der Waals surface area (Å²) in [6, 6.07) is 7.99. The van der Waals surface area contributed by atoms with Crippen LogP contribution in [0.2, 0.25) is 0 Å². The van der Waals surface area contributed by atoms with E-state index in [1.165, 1.54) is 0 Å². The number of hydrogen-bond acceptors (Lipinski definition) is 2. The number of imidazole rings is 1. The summed E-state index contributed by atoms with van der Waals surface area (Å²) < 4.78 is 2.18. The van der Waals surface area contributed by atoms with Gasteiger partial charge >= 0.3 is 0 Å². The lowest BCUT2D eigenvalue weighted by molar-refractivity contribution is -0.110. The van der Waals surface area contributed by atoms with Gasteiger partial charge in [0, 0.05) is 6.54 Å². The largest absolute Gasteiger partial charge is 0.349 e. The monoisotopic (exact) mass is 231 g/mol. The number of benzene rings is 1. The van der Waals surface area contributed by atoms with E-state index in [2.05, 4.69) is 27.9 Å². The van der Waals surface area contributed by atoms with Crippen LogP contribution < -0.4 is 5.32 Å². The lowest BCUT2D eigenvalue weighted by Crippen LogP contribution is -2.20. The van der Waals surface area contributed by atoms with E-state index >= 15 is 0 Å². The third kappa shape index (κ3) is 2.16. The second kappa shape index (κ2) is 4.99. The molecular formula is C13H17N3O. The Kier molecular flexibility index (Phi) is 3.42. The first-order chi connectivity index (χ1) is 8.27. The molecule has 1 N–H and O–H groups in total. The van der Waals surface area contributed by atoms with Crippen molar-refractivity contribution in [3.05, 3.63) is 30.1 Å². The number of carbonyl (C=O) groups excluding carboxylic acids is 1. The molecule has 0 aliphatic heterocycles. The molecule has 2 aromatic rings. The molecule has 1 aromatic heterocycles. The highest BCUT2D eigenvalue weighted by Gasteiger charge is 2.14. The first kappa shape index (κ1) is 11.6. The predicted molar refractivity (Wildman–Crippen MR) is 67.6 cm³/mol. The molecular weight excluding hydrogens is 214 g/mol. The molecule has 0 saturated carbocycles. The van der Waals surface area contributed by atoms with Crippen LogP contribution in [0, 0.1) is 0 Å². The summed E-state index contributed by atoms with van der Waals surface area (Å²) in [5.74, 6) is 0.917. The number of nitrogens with one attached hydrogen (secondary N) is 1. The molecule has 2 rings (SSSR count). The maximum atomic E-state index is 10.5. The van der Waals surface area contributed by atoms with Crippen molar-refractivity contribution in [2.24, 2.45) is 0 Å². The summed E-state index contributed by atoms with van der Waals surface area (Å²) in [7, 11) is 0. The average Bonchev–Trinajstić information content (AvgIpc) is 2.70. The number of amides is 1. The SMILES string of the molecule is CCCn1c(C(C)NC=O)nc2ccccc21. The zero-order valence-electron chi connectivity index (χ0n) is 10.2. The number of fused-ring (bicyclic) bond motifs is 1. The van der Waals surface area contributed by atoms with Crippen LogP contribution in [0.25, 0.3) is 11.0 Å². The predicted octanol–water partition coefficient (Wildman–Crippen LogP) is 2.25. The van der Waals surface area contributed by atoms with Gasteiger partial charge in [0.1, 0.15) is 5.82 Å². The van der Waals surface area contributed by atoms with Gasteiger partial charge in [0.15, 0.2) is 0 Å². The zero-order chi connectivity index (χ0) is 12.3. The fraction of sp³-hybridized carbons (Fsp3) is 0.385. The van der Waals surface area contributed by atoms with Gasteiger partial charge in [-0.15, -0.1) is 0 Å². The molecule has 1 heterocycles. The summed E-state index contributed by atoms with van der Waals surface area (Å²) >= 11 is 0. The Balaban J connectivity index is 2.52. The molecule has 90 valence electrons. The minimum Gasteiger partial charge on any atom is -0.349 e. The van der Waals surface area contributed by atoms with Crippen molar-refractivity contribution in [2.45, 2.75) is 32.9 Å². The van der Waals surface area contributed by atoms with Gasteiger partial charge in [-0.05, 0) is 25.5 Å². The number of aryl methyl sites for hydroxylation is 1. The summed E-state index contributed by atoms with van der Waals surface area (Å²) in [6.45, 7) is 5.00. The first-order valence-electron chi connectivity index (χ1n) is 5.92. The summed E-state index contributed by atoms with van der Waals surface area (Å²) in [6.07, 6.45) is 1.77. The minimum atomic E-state index is -0.0635. The van der Waals surface area contributed by atoms with Gasteiger partial charge in [-0.1, -0.05) is 19.1 Å². The van der Waals surface area contributed by atoms with E-state index in [0.717, 1.165) is 36.2 Å². The van der Waals surface area contributed by atoms with Gasteiger partial charge in [-0.2, -0.15) is 0 Å². The van der Waals surface area contributed by atoms with Gasteiger partial charge in [-0.25, -0.2) is 4.98 Å². The van der Waals surface area contributed by atoms with E-state index < -0.39 is 0 Å². The normalized spacial score (nSPS) is 12.6. The van der Waals surface area contributed by atoms with Gasteiger partial charge < -0.3 is 9.88 Å². The second-order valence-electron chi connectivity index (χ2n) is 4.12.